The molecule has 0 aliphatic heterocycles. The van der Waals surface area contributed by atoms with E-state index < -0.39 is 0 Å². The van der Waals surface area contributed by atoms with Gasteiger partial charge in [-0.3, -0.25) is 4.79 Å². The second-order valence-electron chi connectivity index (χ2n) is 6.44. The molecule has 0 aliphatic rings. The summed E-state index contributed by atoms with van der Waals surface area (Å²) in [6.07, 6.45) is 4.85. The maximum Gasteiger partial charge on any atom is 0.273 e. The van der Waals surface area contributed by atoms with Crippen LogP contribution in [0, 0.1) is 5.41 Å². The third-order valence-electron chi connectivity index (χ3n) is 3.86. The van der Waals surface area contributed by atoms with Crippen LogP contribution in [-0.4, -0.2) is 32.4 Å². The number of carbonyl (C=O) groups excluding carboxylic acids is 1. The molecule has 0 aromatic heterocycles. The minimum absolute atomic E-state index is 0.330. The molecule has 0 spiro atoms. The zero-order chi connectivity index (χ0) is 21.8. The summed E-state index contributed by atoms with van der Waals surface area (Å²) in [7, 11) is 1.61. The fraction of sp³-hybridized carbons (Fsp3) is 0.333. The van der Waals surface area contributed by atoms with Gasteiger partial charge < -0.3 is 26.1 Å². The van der Waals surface area contributed by atoms with Crippen molar-refractivity contribution >= 4 is 35.3 Å². The van der Waals surface area contributed by atoms with Crippen LogP contribution in [0.3, 0.4) is 0 Å². The summed E-state index contributed by atoms with van der Waals surface area (Å²) >= 11 is 12.0. The van der Waals surface area contributed by atoms with Crippen LogP contribution in [0.15, 0.2) is 53.0 Å². The lowest BCUT2D eigenvalue weighted by Crippen LogP contribution is -2.37. The van der Waals surface area contributed by atoms with Gasteiger partial charge in [-0.1, -0.05) is 41.4 Å². The van der Waals surface area contributed by atoms with E-state index in [0.717, 1.165) is 17.4 Å². The van der Waals surface area contributed by atoms with Crippen LogP contribution in [0.5, 0.6) is 0 Å². The molecule has 1 aromatic rings. The molecule has 29 heavy (non-hydrogen) atoms. The summed E-state index contributed by atoms with van der Waals surface area (Å²) in [5, 5.41) is 17.6. The highest BCUT2D eigenvalue weighted by Gasteiger charge is 2.14. The lowest BCUT2D eigenvalue weighted by molar-refractivity contribution is -0.117. The first-order valence-corrected chi connectivity index (χ1v) is 9.81. The Morgan fingerprint density at radius 2 is 1.86 bits per heavy atom. The van der Waals surface area contributed by atoms with Gasteiger partial charge in [0.15, 0.2) is 0 Å². The molecule has 6 nitrogen and oxygen atoms in total. The number of hydrogen-bond acceptors (Lipinski definition) is 5. The van der Waals surface area contributed by atoms with Crippen molar-refractivity contribution in [3.05, 3.63) is 68.6 Å². The zero-order valence-corrected chi connectivity index (χ0v) is 18.7. The Morgan fingerprint density at radius 1 is 1.14 bits per heavy atom. The largest absolute Gasteiger partial charge is 0.381 e. The average molecular weight is 439 g/mol. The van der Waals surface area contributed by atoms with Crippen molar-refractivity contribution in [2.75, 3.05) is 20.3 Å². The first-order chi connectivity index (χ1) is 13.8. The third kappa shape index (κ3) is 8.73. The van der Waals surface area contributed by atoms with E-state index in [-0.39, 0.29) is 5.91 Å². The molecule has 0 saturated heterocycles. The minimum Gasteiger partial charge on any atom is -0.381 e. The van der Waals surface area contributed by atoms with Gasteiger partial charge in [-0.15, -0.1) is 0 Å². The number of ether oxygens (including phenoxy) is 1. The van der Waals surface area contributed by atoms with Crippen LogP contribution < -0.4 is 16.0 Å². The summed E-state index contributed by atoms with van der Waals surface area (Å²) in [6, 6.07) is 5.38. The van der Waals surface area contributed by atoms with Crippen LogP contribution in [0.25, 0.3) is 0 Å². The van der Waals surface area contributed by atoms with Crippen molar-refractivity contribution in [3.63, 3.8) is 0 Å². The van der Waals surface area contributed by atoms with Gasteiger partial charge in [-0.25, -0.2) is 0 Å². The maximum atomic E-state index is 12.8. The van der Waals surface area contributed by atoms with Crippen LogP contribution in [0.1, 0.15) is 26.3 Å². The lowest BCUT2D eigenvalue weighted by Gasteiger charge is -2.17. The van der Waals surface area contributed by atoms with Crippen molar-refractivity contribution in [2.24, 2.45) is 0 Å². The molecule has 0 saturated carbocycles. The molecule has 0 radical (unpaired) electrons. The van der Waals surface area contributed by atoms with Crippen molar-refractivity contribution in [1.82, 2.24) is 16.0 Å². The van der Waals surface area contributed by atoms with Crippen molar-refractivity contribution < 1.29 is 9.53 Å². The minimum atomic E-state index is -0.330. The summed E-state index contributed by atoms with van der Waals surface area (Å²) < 4.78 is 4.95. The number of carbonyl (C=O) groups is 1. The van der Waals surface area contributed by atoms with Crippen molar-refractivity contribution in [3.8, 4) is 0 Å². The third-order valence-corrected chi connectivity index (χ3v) is 4.60. The van der Waals surface area contributed by atoms with Gasteiger partial charge in [0.25, 0.3) is 5.91 Å². The number of methoxy groups -OCH3 is 1. The van der Waals surface area contributed by atoms with Gasteiger partial charge in [0, 0.05) is 26.4 Å². The van der Waals surface area contributed by atoms with E-state index >= 15 is 0 Å². The van der Waals surface area contributed by atoms with E-state index in [4.69, 9.17) is 33.3 Å². The van der Waals surface area contributed by atoms with Crippen LogP contribution >= 0.6 is 23.2 Å². The average Bonchev–Trinajstić information content (AvgIpc) is 2.69. The topological polar surface area (TPSA) is 86.2 Å². The Labute approximate surface area is 182 Å². The molecule has 8 heteroatoms. The zero-order valence-electron chi connectivity index (χ0n) is 17.2. The second-order valence-corrected chi connectivity index (χ2v) is 7.26. The Balaban J connectivity index is 2.83. The second kappa shape index (κ2) is 13.0. The van der Waals surface area contributed by atoms with Gasteiger partial charge in [-0.05, 0) is 49.6 Å². The number of nitrogens with one attached hydrogen (secondary N) is 4. The van der Waals surface area contributed by atoms with Gasteiger partial charge in [0.2, 0.25) is 0 Å². The molecule has 0 fully saturated rings. The number of rotatable bonds is 11. The van der Waals surface area contributed by atoms with Crippen LogP contribution in [0.2, 0.25) is 10.0 Å². The molecule has 1 aromatic carbocycles. The fourth-order valence-electron chi connectivity index (χ4n) is 2.24. The maximum absolute atomic E-state index is 12.8. The Hall–Kier alpha value is -2.28. The SMILES string of the molecule is COC/C=C/CN/C(C(=O)NC(NCc1ccc(Cl)c(Cl)c1)=C(C)C)=C(/C)C=N. The Bertz CT molecular complexity index is 813. The molecule has 158 valence electrons. The quantitative estimate of drug-likeness (QED) is 0.237. The monoisotopic (exact) mass is 438 g/mol. The molecule has 0 bridgehead atoms. The number of halogens is 2. The fourth-order valence-corrected chi connectivity index (χ4v) is 2.56. The summed E-state index contributed by atoms with van der Waals surface area (Å²) in [4.78, 5) is 12.8. The Morgan fingerprint density at radius 3 is 2.45 bits per heavy atom. The molecule has 1 rings (SSSR count). The van der Waals surface area contributed by atoms with Crippen LogP contribution in [0.4, 0.5) is 0 Å². The summed E-state index contributed by atoms with van der Waals surface area (Å²) in [5.41, 5.74) is 2.70. The van der Waals surface area contributed by atoms with E-state index in [1.54, 1.807) is 26.2 Å². The number of hydrogen-bond donors (Lipinski definition) is 4. The van der Waals surface area contributed by atoms with E-state index in [1.807, 2.05) is 32.1 Å². The highest BCUT2D eigenvalue weighted by atomic mass is 35.5. The summed E-state index contributed by atoms with van der Waals surface area (Å²) in [5.74, 6) is 0.261. The Kier molecular flexibility index (Phi) is 11.1. The van der Waals surface area contributed by atoms with Gasteiger partial charge in [0.05, 0.1) is 16.7 Å². The molecule has 4 N–H and O–H groups in total. The van der Waals surface area contributed by atoms with E-state index in [9.17, 15) is 4.79 Å². The lowest BCUT2D eigenvalue weighted by atomic mass is 10.2. The van der Waals surface area contributed by atoms with E-state index in [2.05, 4.69) is 16.0 Å². The molecule has 1 amide bonds. The molecule has 0 unspecified atom stereocenters. The first-order valence-electron chi connectivity index (χ1n) is 9.05. The predicted molar refractivity (Wildman–Crippen MR) is 120 cm³/mol. The molecular formula is C21H28Cl2N4O2. The van der Waals surface area contributed by atoms with Crippen molar-refractivity contribution in [2.45, 2.75) is 27.3 Å². The molecule has 0 aliphatic carbocycles. The predicted octanol–water partition coefficient (Wildman–Crippen LogP) is 4.17. The normalized spacial score (nSPS) is 11.7. The molecular weight excluding hydrogens is 411 g/mol. The highest BCUT2D eigenvalue weighted by molar-refractivity contribution is 6.42. The smallest absolute Gasteiger partial charge is 0.273 e. The van der Waals surface area contributed by atoms with Gasteiger partial charge >= 0.3 is 0 Å². The number of amides is 1. The number of benzene rings is 1. The first kappa shape index (κ1) is 24.8. The summed E-state index contributed by atoms with van der Waals surface area (Å²) in [6.45, 7) is 6.90. The van der Waals surface area contributed by atoms with E-state index in [0.29, 0.717) is 46.8 Å². The standard InChI is InChI=1S/C21H28Cl2N4O2/c1-14(2)20(26-13-16-7-8-17(22)18(23)11-16)27-21(28)19(15(3)12-24)25-9-5-6-10-29-4/h5-8,11-12,24-26H,9-10,13H2,1-4H3,(H,27,28)/b6-5+,19-15-,24-12?. The van der Waals surface area contributed by atoms with Gasteiger partial charge in [-0.2, -0.15) is 0 Å². The van der Waals surface area contributed by atoms with Gasteiger partial charge in [0.1, 0.15) is 11.5 Å². The molecule has 0 heterocycles. The van der Waals surface area contributed by atoms with Crippen LogP contribution in [-0.2, 0) is 16.1 Å². The molecule has 0 atom stereocenters. The highest BCUT2D eigenvalue weighted by Crippen LogP contribution is 2.22. The van der Waals surface area contributed by atoms with E-state index in [1.165, 1.54) is 0 Å². The number of allylic oxidation sites excluding steroid dienone is 2. The van der Waals surface area contributed by atoms with Crippen molar-refractivity contribution in [1.29, 1.82) is 5.41 Å².